The van der Waals surface area contributed by atoms with E-state index >= 15 is 0 Å². The molecule has 0 amide bonds. The number of hydrogen-bond acceptors (Lipinski definition) is 13. The molecule has 5 aromatic rings. The lowest BCUT2D eigenvalue weighted by Gasteiger charge is -2.38. The van der Waals surface area contributed by atoms with Gasteiger partial charge in [-0.25, -0.2) is 9.59 Å². The quantitative estimate of drug-likeness (QED) is 0.160. The van der Waals surface area contributed by atoms with Crippen LogP contribution in [0.4, 0.5) is 0 Å². The summed E-state index contributed by atoms with van der Waals surface area (Å²) in [4.78, 5) is 28.9. The summed E-state index contributed by atoms with van der Waals surface area (Å²) in [5.41, 5.74) is 1.60. The Hall–Kier alpha value is -6.48. The highest BCUT2D eigenvalue weighted by atomic mass is 16.6. The highest BCUT2D eigenvalue weighted by molar-refractivity contribution is 5.91. The Morgan fingerprint density at radius 3 is 0.942 bits per heavy atom. The first kappa shape index (κ1) is 49.0. The van der Waals surface area contributed by atoms with Gasteiger partial charge in [0.1, 0.15) is 37.9 Å². The van der Waals surface area contributed by atoms with Gasteiger partial charge in [0, 0.05) is 22.3 Å². The smallest absolute Gasteiger partial charge is 0.338 e. The fraction of sp³-hybridized carbons (Fsp3) is 0.357. The molecule has 13 heteroatoms. The predicted molar refractivity (Wildman–Crippen MR) is 255 cm³/mol. The van der Waals surface area contributed by atoms with Crippen LogP contribution in [0.2, 0.25) is 0 Å². The maximum absolute atomic E-state index is 14.4. The third-order valence-corrected chi connectivity index (χ3v) is 12.4. The van der Waals surface area contributed by atoms with E-state index in [0.29, 0.717) is 73.8 Å². The van der Waals surface area contributed by atoms with Gasteiger partial charge >= 0.3 is 11.9 Å². The zero-order valence-corrected chi connectivity index (χ0v) is 39.2. The van der Waals surface area contributed by atoms with Crippen LogP contribution in [0.5, 0.6) is 11.5 Å². The highest BCUT2D eigenvalue weighted by Gasteiger charge is 2.56. The normalized spacial score (nSPS) is 21.5. The number of rotatable bonds is 4. The van der Waals surface area contributed by atoms with Crippen molar-refractivity contribution in [1.29, 1.82) is 0 Å². The van der Waals surface area contributed by atoms with E-state index in [1.807, 2.05) is 146 Å². The molecular formula is C56H60O13. The van der Waals surface area contributed by atoms with E-state index in [2.05, 4.69) is 0 Å². The molecule has 8 rings (SSSR count). The van der Waals surface area contributed by atoms with Crippen molar-refractivity contribution in [2.24, 2.45) is 11.8 Å². The van der Waals surface area contributed by atoms with Gasteiger partial charge < -0.3 is 52.1 Å². The van der Waals surface area contributed by atoms with Crippen molar-refractivity contribution < 1.29 is 61.7 Å². The van der Waals surface area contributed by atoms with Gasteiger partial charge in [0.15, 0.2) is 22.7 Å². The third kappa shape index (κ3) is 11.4. The first-order valence-corrected chi connectivity index (χ1v) is 23.5. The van der Waals surface area contributed by atoms with E-state index in [1.54, 1.807) is 13.8 Å². The SMILES string of the molecule is CC1=C2C(=O)OCCOCCOCCOc3ccccc3OCCOCCOCCOC(=O)C3=C(C)OC(c4ccccc4)(c4ccccc4)C3COCC2C(c2ccccc2)(c2ccccc2)O1. The van der Waals surface area contributed by atoms with Crippen molar-refractivity contribution in [3.05, 3.63) is 191 Å². The zero-order chi connectivity index (χ0) is 47.7. The molecule has 0 saturated heterocycles. The van der Waals surface area contributed by atoms with Gasteiger partial charge in [0.25, 0.3) is 0 Å². The number of para-hydroxylation sites is 2. The molecule has 13 nitrogen and oxygen atoms in total. The predicted octanol–water partition coefficient (Wildman–Crippen LogP) is 8.36. The summed E-state index contributed by atoms with van der Waals surface area (Å²) in [6, 6.07) is 46.7. The van der Waals surface area contributed by atoms with Crippen LogP contribution in [0.1, 0.15) is 36.1 Å². The zero-order valence-electron chi connectivity index (χ0n) is 39.2. The van der Waals surface area contributed by atoms with Crippen molar-refractivity contribution in [3.63, 3.8) is 0 Å². The number of benzene rings is 5. The standard InChI is InChI=1S/C56H60O13/c1-41-51-47(55(68-41,43-17-7-3-8-18-43)44-19-9-4-10-20-44)39-63-40-48-52(42(2)69-56(48,45-21-11-5-12-22-45)46-23-13-6-14-24-46)54(58)67-38-34-62-30-28-60-32-36-65-50-26-16-15-25-49(50)64-35-31-59-27-29-61-33-37-66-53(51)57/h3-26,47-48H,27-40H2,1-2H3. The lowest BCUT2D eigenvalue weighted by Crippen LogP contribution is -2.42. The molecule has 69 heavy (non-hydrogen) atoms. The minimum atomic E-state index is -1.19. The van der Waals surface area contributed by atoms with Crippen LogP contribution in [-0.2, 0) is 63.4 Å². The second-order valence-electron chi connectivity index (χ2n) is 16.6. The van der Waals surface area contributed by atoms with Gasteiger partial charge in [0.2, 0.25) is 0 Å². The Labute approximate surface area is 403 Å². The molecule has 0 spiro atoms. The molecule has 0 radical (unpaired) electrons. The molecule has 5 aromatic carbocycles. The van der Waals surface area contributed by atoms with E-state index in [1.165, 1.54) is 0 Å². The van der Waals surface area contributed by atoms with Crippen LogP contribution >= 0.6 is 0 Å². The van der Waals surface area contributed by atoms with Crippen molar-refractivity contribution in [2.45, 2.75) is 25.0 Å². The van der Waals surface area contributed by atoms with Crippen LogP contribution in [0, 0.1) is 11.8 Å². The largest absolute Gasteiger partial charge is 0.487 e. The monoisotopic (exact) mass is 940 g/mol. The number of hydrogen-bond donors (Lipinski definition) is 0. The second-order valence-corrected chi connectivity index (χ2v) is 16.6. The number of carbonyl (C=O) groups is 2. The molecule has 2 unspecified atom stereocenters. The molecule has 362 valence electrons. The van der Waals surface area contributed by atoms with E-state index in [9.17, 15) is 9.59 Å². The Morgan fingerprint density at radius 2 is 0.623 bits per heavy atom. The molecule has 3 aliphatic heterocycles. The maximum atomic E-state index is 14.4. The van der Waals surface area contributed by atoms with Crippen LogP contribution in [0.25, 0.3) is 0 Å². The minimum absolute atomic E-state index is 0.00549. The lowest BCUT2D eigenvalue weighted by molar-refractivity contribution is -0.142. The molecule has 0 aliphatic carbocycles. The molecule has 0 fully saturated rings. The summed E-state index contributed by atoms with van der Waals surface area (Å²) in [6.45, 7) is 6.34. The average molecular weight is 941 g/mol. The summed E-state index contributed by atoms with van der Waals surface area (Å²) in [7, 11) is 0. The molecule has 0 bridgehead atoms. The van der Waals surface area contributed by atoms with E-state index in [-0.39, 0.29) is 52.9 Å². The van der Waals surface area contributed by atoms with Crippen LogP contribution < -0.4 is 9.47 Å². The fourth-order valence-electron chi connectivity index (χ4n) is 9.32. The summed E-state index contributed by atoms with van der Waals surface area (Å²) in [5, 5.41) is 0. The number of fused-ring (bicyclic) bond motifs is 3. The Kier molecular flexibility index (Phi) is 17.2. The second kappa shape index (κ2) is 24.2. The Balaban J connectivity index is 1.09. The Bertz CT molecular complexity index is 2220. The van der Waals surface area contributed by atoms with Gasteiger partial charge in [-0.2, -0.15) is 0 Å². The fourth-order valence-corrected chi connectivity index (χ4v) is 9.32. The first-order valence-electron chi connectivity index (χ1n) is 23.5. The molecule has 0 saturated carbocycles. The minimum Gasteiger partial charge on any atom is -0.487 e. The van der Waals surface area contributed by atoms with E-state index in [0.717, 1.165) is 22.3 Å². The molecule has 0 N–H and O–H groups in total. The third-order valence-electron chi connectivity index (χ3n) is 12.4. The number of ether oxygens (including phenoxy) is 11. The van der Waals surface area contributed by atoms with Gasteiger partial charge in [-0.15, -0.1) is 0 Å². The summed E-state index contributed by atoms with van der Waals surface area (Å²) in [6.07, 6.45) is 0. The highest BCUT2D eigenvalue weighted by Crippen LogP contribution is 2.54. The van der Waals surface area contributed by atoms with Crippen LogP contribution in [0.15, 0.2) is 168 Å². The number of carbonyl (C=O) groups excluding carboxylic acids is 2. The summed E-state index contributed by atoms with van der Waals surface area (Å²) >= 11 is 0. The number of allylic oxidation sites excluding steroid dienone is 2. The van der Waals surface area contributed by atoms with Crippen molar-refractivity contribution in [3.8, 4) is 11.5 Å². The van der Waals surface area contributed by atoms with E-state index in [4.69, 9.17) is 52.1 Å². The molecule has 3 heterocycles. The molecule has 3 aliphatic rings. The van der Waals surface area contributed by atoms with Gasteiger partial charge in [-0.05, 0) is 26.0 Å². The Morgan fingerprint density at radius 1 is 0.348 bits per heavy atom. The van der Waals surface area contributed by atoms with Gasteiger partial charge in [-0.1, -0.05) is 133 Å². The van der Waals surface area contributed by atoms with Crippen molar-refractivity contribution >= 4 is 11.9 Å². The number of esters is 2. The summed E-state index contributed by atoms with van der Waals surface area (Å²) in [5.74, 6) is -0.501. The molecule has 2 atom stereocenters. The van der Waals surface area contributed by atoms with Crippen LogP contribution in [0.3, 0.4) is 0 Å². The van der Waals surface area contributed by atoms with Crippen LogP contribution in [-0.4, -0.2) is 104 Å². The van der Waals surface area contributed by atoms with Crippen molar-refractivity contribution in [2.75, 3.05) is 92.5 Å². The number of cyclic esters (lactones) is 2. The van der Waals surface area contributed by atoms with Gasteiger partial charge in [0.05, 0.1) is 89.1 Å². The topological polar surface area (TPSA) is 136 Å². The molecular weight excluding hydrogens is 881 g/mol. The van der Waals surface area contributed by atoms with Crippen molar-refractivity contribution in [1.82, 2.24) is 0 Å². The lowest BCUT2D eigenvalue weighted by atomic mass is 9.73. The average Bonchev–Trinajstić information content (AvgIpc) is 3.86. The van der Waals surface area contributed by atoms with E-state index < -0.39 is 35.0 Å². The molecule has 0 aromatic heterocycles. The first-order chi connectivity index (χ1) is 33.9. The van der Waals surface area contributed by atoms with Gasteiger partial charge in [-0.3, -0.25) is 0 Å². The summed E-state index contributed by atoms with van der Waals surface area (Å²) < 4.78 is 67.7. The maximum Gasteiger partial charge on any atom is 0.338 e.